The summed E-state index contributed by atoms with van der Waals surface area (Å²) in [5.74, 6) is 0.137. The molecule has 0 unspecified atom stereocenters. The normalized spacial score (nSPS) is 20.7. The lowest BCUT2D eigenvalue weighted by atomic mass is 9.91. The second kappa shape index (κ2) is 8.34. The van der Waals surface area contributed by atoms with Crippen molar-refractivity contribution in [3.8, 4) is 11.5 Å². The van der Waals surface area contributed by atoms with E-state index < -0.39 is 11.4 Å². The van der Waals surface area contributed by atoms with Gasteiger partial charge in [0.15, 0.2) is 0 Å². The average molecular weight is 412 g/mol. The molecule has 1 spiro atoms. The minimum atomic E-state index is -0.739. The maximum absolute atomic E-state index is 13.6. The Hall–Kier alpha value is -3.09. The number of nitrogens with zero attached hydrogens (tertiary/aromatic N) is 1. The predicted octanol–water partition coefficient (Wildman–Crippen LogP) is 3.41. The molecule has 2 aliphatic heterocycles. The number of carbonyl (C=O) groups excluding carboxylic acids is 2. The van der Waals surface area contributed by atoms with Crippen LogP contribution in [-0.4, -0.2) is 48.6 Å². The first-order valence-electron chi connectivity index (χ1n) is 10.3. The summed E-state index contributed by atoms with van der Waals surface area (Å²) in [6.07, 6.45) is 2.36. The molecule has 2 heterocycles. The molecule has 0 aliphatic carbocycles. The van der Waals surface area contributed by atoms with Crippen molar-refractivity contribution in [1.82, 2.24) is 10.2 Å². The minimum Gasteiger partial charge on any atom is -0.494 e. The number of ether oxygens (including phenoxy) is 2. The van der Waals surface area contributed by atoms with Gasteiger partial charge >= 0.3 is 0 Å². The van der Waals surface area contributed by atoms with Crippen molar-refractivity contribution in [3.05, 3.63) is 59.4 Å². The summed E-state index contributed by atoms with van der Waals surface area (Å²) in [6.45, 7) is 3.89. The molecule has 1 saturated heterocycles. The van der Waals surface area contributed by atoms with Crippen molar-refractivity contribution in [3.63, 3.8) is 0 Å². The molecule has 4 rings (SSSR count). The summed E-state index contributed by atoms with van der Waals surface area (Å²) < 4.78 is 25.4. The third kappa shape index (κ3) is 4.10. The van der Waals surface area contributed by atoms with Crippen molar-refractivity contribution in [2.45, 2.75) is 31.8 Å². The zero-order chi connectivity index (χ0) is 21.1. The number of fused-ring (bicyclic) bond motifs is 1. The zero-order valence-corrected chi connectivity index (χ0v) is 16.9. The summed E-state index contributed by atoms with van der Waals surface area (Å²) >= 11 is 0. The van der Waals surface area contributed by atoms with E-state index in [1.54, 1.807) is 29.2 Å². The molecule has 0 radical (unpaired) electrons. The van der Waals surface area contributed by atoms with Crippen LogP contribution >= 0.6 is 0 Å². The molecular weight excluding hydrogens is 387 g/mol. The number of hydrogen-bond acceptors (Lipinski definition) is 4. The third-order valence-corrected chi connectivity index (χ3v) is 5.48. The van der Waals surface area contributed by atoms with Crippen LogP contribution in [0.4, 0.5) is 4.39 Å². The molecule has 7 heteroatoms. The van der Waals surface area contributed by atoms with Gasteiger partial charge in [0.25, 0.3) is 11.8 Å². The lowest BCUT2D eigenvalue weighted by Crippen LogP contribution is -2.57. The number of likely N-dealkylation sites (tertiary alicyclic amines) is 1. The van der Waals surface area contributed by atoms with Gasteiger partial charge in [-0.25, -0.2) is 4.39 Å². The summed E-state index contributed by atoms with van der Waals surface area (Å²) in [5.41, 5.74) is 0.0191. The molecule has 6 nitrogen and oxygen atoms in total. The Balaban J connectivity index is 1.52. The Morgan fingerprint density at radius 1 is 1.27 bits per heavy atom. The quantitative estimate of drug-likeness (QED) is 0.836. The van der Waals surface area contributed by atoms with Gasteiger partial charge in [0.1, 0.15) is 22.9 Å². The fraction of sp³-hybridized carbons (Fsp3) is 0.391. The number of benzene rings is 2. The van der Waals surface area contributed by atoms with Gasteiger partial charge in [-0.05, 0) is 61.7 Å². The lowest BCUT2D eigenvalue weighted by molar-refractivity contribution is -0.000888. The second-order valence-electron chi connectivity index (χ2n) is 7.81. The molecule has 2 amide bonds. The fourth-order valence-corrected chi connectivity index (χ4v) is 3.97. The van der Waals surface area contributed by atoms with Gasteiger partial charge in [-0.15, -0.1) is 0 Å². The molecule has 1 fully saturated rings. The lowest BCUT2D eigenvalue weighted by Gasteiger charge is -2.42. The monoisotopic (exact) mass is 412 g/mol. The van der Waals surface area contributed by atoms with Crippen LogP contribution in [0, 0.1) is 5.82 Å². The summed E-state index contributed by atoms with van der Waals surface area (Å²) in [4.78, 5) is 27.2. The SMILES string of the molecule is CCCOc1ccc(C(=O)N2CCC[C@@]3(CNC(=O)c4cc(F)ccc4O3)C2)cc1. The van der Waals surface area contributed by atoms with Gasteiger partial charge in [-0.1, -0.05) is 6.92 Å². The highest BCUT2D eigenvalue weighted by molar-refractivity contribution is 5.97. The highest BCUT2D eigenvalue weighted by Crippen LogP contribution is 2.33. The van der Waals surface area contributed by atoms with Crippen LogP contribution in [0.25, 0.3) is 0 Å². The number of amides is 2. The Bertz CT molecular complexity index is 947. The molecule has 2 aromatic carbocycles. The zero-order valence-electron chi connectivity index (χ0n) is 16.9. The molecule has 0 aromatic heterocycles. The van der Waals surface area contributed by atoms with Crippen LogP contribution < -0.4 is 14.8 Å². The van der Waals surface area contributed by atoms with Crippen molar-refractivity contribution in [2.75, 3.05) is 26.2 Å². The molecule has 2 aromatic rings. The van der Waals surface area contributed by atoms with E-state index in [1.807, 2.05) is 6.92 Å². The smallest absolute Gasteiger partial charge is 0.255 e. The van der Waals surface area contributed by atoms with E-state index >= 15 is 0 Å². The number of nitrogens with one attached hydrogen (secondary N) is 1. The molecule has 2 aliphatic rings. The van der Waals surface area contributed by atoms with Crippen molar-refractivity contribution in [2.24, 2.45) is 0 Å². The summed E-state index contributed by atoms with van der Waals surface area (Å²) in [7, 11) is 0. The highest BCUT2D eigenvalue weighted by atomic mass is 19.1. The Morgan fingerprint density at radius 2 is 2.07 bits per heavy atom. The largest absolute Gasteiger partial charge is 0.494 e. The molecule has 30 heavy (non-hydrogen) atoms. The van der Waals surface area contributed by atoms with Crippen LogP contribution in [0.2, 0.25) is 0 Å². The van der Waals surface area contributed by atoms with E-state index in [9.17, 15) is 14.0 Å². The fourth-order valence-electron chi connectivity index (χ4n) is 3.97. The minimum absolute atomic E-state index is 0.0883. The second-order valence-corrected chi connectivity index (χ2v) is 7.81. The van der Waals surface area contributed by atoms with Crippen LogP contribution in [0.1, 0.15) is 46.9 Å². The van der Waals surface area contributed by atoms with Crippen molar-refractivity contribution in [1.29, 1.82) is 0 Å². The highest BCUT2D eigenvalue weighted by Gasteiger charge is 2.42. The Kier molecular flexibility index (Phi) is 5.61. The molecule has 1 N–H and O–H groups in total. The first kappa shape index (κ1) is 20.2. The number of rotatable bonds is 4. The van der Waals surface area contributed by atoms with Gasteiger partial charge in [0, 0.05) is 12.1 Å². The standard InChI is InChI=1S/C23H25FN2O4/c1-2-12-29-18-7-4-16(5-8-18)22(28)26-11-3-10-23(15-26)14-25-21(27)19-13-17(24)6-9-20(19)30-23/h4-9,13H,2-3,10-12,14-15H2,1H3,(H,25,27)/t23-/m1/s1. The number of hydrogen-bond donors (Lipinski definition) is 1. The summed E-state index contributed by atoms with van der Waals surface area (Å²) in [6, 6.07) is 11.1. The van der Waals surface area contributed by atoms with E-state index in [4.69, 9.17) is 9.47 Å². The van der Waals surface area contributed by atoms with Crippen molar-refractivity contribution < 1.29 is 23.5 Å². The third-order valence-electron chi connectivity index (χ3n) is 5.48. The maximum atomic E-state index is 13.6. The molecule has 1 atom stereocenters. The van der Waals surface area contributed by atoms with Gasteiger partial charge in [0.2, 0.25) is 0 Å². The van der Waals surface area contributed by atoms with E-state index in [-0.39, 0.29) is 23.9 Å². The Morgan fingerprint density at radius 3 is 2.83 bits per heavy atom. The van der Waals surface area contributed by atoms with E-state index in [0.717, 1.165) is 18.6 Å². The number of carbonyl (C=O) groups is 2. The van der Waals surface area contributed by atoms with Crippen LogP contribution in [0.3, 0.4) is 0 Å². The Labute approximate surface area is 175 Å². The predicted molar refractivity (Wildman–Crippen MR) is 109 cm³/mol. The van der Waals surface area contributed by atoms with Crippen molar-refractivity contribution >= 4 is 11.8 Å². The van der Waals surface area contributed by atoms with Crippen LogP contribution in [0.5, 0.6) is 11.5 Å². The molecule has 158 valence electrons. The first-order valence-corrected chi connectivity index (χ1v) is 10.3. The first-order chi connectivity index (χ1) is 14.5. The van der Waals surface area contributed by atoms with Gasteiger partial charge in [-0.2, -0.15) is 0 Å². The topological polar surface area (TPSA) is 67.9 Å². The van der Waals surface area contributed by atoms with Gasteiger partial charge in [-0.3, -0.25) is 9.59 Å². The van der Waals surface area contributed by atoms with Gasteiger partial charge < -0.3 is 19.7 Å². The molecule has 0 bridgehead atoms. The van der Waals surface area contributed by atoms with E-state index in [0.29, 0.717) is 37.4 Å². The molecule has 0 saturated carbocycles. The average Bonchev–Trinajstić information content (AvgIpc) is 2.89. The van der Waals surface area contributed by atoms with E-state index in [1.165, 1.54) is 18.2 Å². The van der Waals surface area contributed by atoms with Crippen LogP contribution in [-0.2, 0) is 0 Å². The summed E-state index contributed by atoms with van der Waals surface area (Å²) in [5, 5.41) is 2.83. The number of piperidine rings is 1. The maximum Gasteiger partial charge on any atom is 0.255 e. The van der Waals surface area contributed by atoms with E-state index in [2.05, 4.69) is 5.32 Å². The van der Waals surface area contributed by atoms with Crippen LogP contribution in [0.15, 0.2) is 42.5 Å². The van der Waals surface area contributed by atoms with Gasteiger partial charge in [0.05, 0.1) is 25.3 Å². The molecular formula is C23H25FN2O4. The number of halogens is 1.